The van der Waals surface area contributed by atoms with Crippen molar-refractivity contribution in [2.75, 3.05) is 18.0 Å². The summed E-state index contributed by atoms with van der Waals surface area (Å²) >= 11 is 0. The summed E-state index contributed by atoms with van der Waals surface area (Å²) in [7, 11) is 0. The summed E-state index contributed by atoms with van der Waals surface area (Å²) in [4.78, 5) is 34.3. The molecule has 2 fully saturated rings. The van der Waals surface area contributed by atoms with Gasteiger partial charge >= 0.3 is 5.97 Å². The minimum Gasteiger partial charge on any atom is -0.481 e. The largest absolute Gasteiger partial charge is 0.481 e. The number of amides is 1. The van der Waals surface area contributed by atoms with Crippen LogP contribution in [0.1, 0.15) is 36.9 Å². The van der Waals surface area contributed by atoms with Crippen LogP contribution in [0, 0.1) is 5.92 Å². The smallest absolute Gasteiger partial charge is 0.309 e. The zero-order valence-corrected chi connectivity index (χ0v) is 12.9. The lowest BCUT2D eigenvalue weighted by molar-refractivity contribution is -0.144. The molecule has 7 heteroatoms. The first-order chi connectivity index (χ1) is 11.1. The molecule has 2 N–H and O–H groups in total. The lowest BCUT2D eigenvalue weighted by atomic mass is 9.77. The van der Waals surface area contributed by atoms with Crippen molar-refractivity contribution >= 4 is 17.7 Å². The first-order valence-electron chi connectivity index (χ1n) is 8.20. The second-order valence-corrected chi connectivity index (χ2v) is 6.76. The molecular formula is C16H20N4O3. The van der Waals surface area contributed by atoms with Gasteiger partial charge in [-0.2, -0.15) is 0 Å². The van der Waals surface area contributed by atoms with Crippen LogP contribution in [0.4, 0.5) is 5.82 Å². The second kappa shape index (κ2) is 5.18. The molecule has 1 spiro atoms. The maximum absolute atomic E-state index is 11.7. The molecular weight excluding hydrogens is 296 g/mol. The molecule has 1 aromatic heterocycles. The summed E-state index contributed by atoms with van der Waals surface area (Å²) < 4.78 is 0. The maximum atomic E-state index is 11.7. The maximum Gasteiger partial charge on any atom is 0.309 e. The molecule has 1 atom stereocenters. The third-order valence-corrected chi connectivity index (χ3v) is 5.55. The number of carbonyl (C=O) groups excluding carboxylic acids is 1. The van der Waals surface area contributed by atoms with Crippen molar-refractivity contribution in [3.8, 4) is 0 Å². The van der Waals surface area contributed by atoms with Gasteiger partial charge in [-0.25, -0.2) is 9.97 Å². The van der Waals surface area contributed by atoms with Crippen molar-refractivity contribution in [1.82, 2.24) is 15.3 Å². The summed E-state index contributed by atoms with van der Waals surface area (Å²) in [5, 5.41) is 12.4. The minimum atomic E-state index is -0.875. The molecule has 7 nitrogen and oxygen atoms in total. The van der Waals surface area contributed by atoms with E-state index in [9.17, 15) is 14.7 Å². The number of nitrogens with one attached hydrogen (secondary N) is 1. The highest BCUT2D eigenvalue weighted by molar-refractivity contribution is 5.88. The molecule has 3 aliphatic rings. The molecule has 23 heavy (non-hydrogen) atoms. The van der Waals surface area contributed by atoms with Gasteiger partial charge in [0.05, 0.1) is 11.5 Å². The normalized spacial score (nSPS) is 25.5. The van der Waals surface area contributed by atoms with Crippen molar-refractivity contribution in [2.24, 2.45) is 5.92 Å². The Kier molecular flexibility index (Phi) is 3.25. The van der Waals surface area contributed by atoms with Gasteiger partial charge in [-0.3, -0.25) is 9.59 Å². The molecule has 1 aliphatic carbocycles. The SMILES string of the molecule is O=C1CC(C(=O)O)C2(CCN(c3ncnc4c3CCC4)CC2)N1. The number of carbonyl (C=O) groups is 2. The fourth-order valence-corrected chi connectivity index (χ4v) is 4.33. The third-order valence-electron chi connectivity index (χ3n) is 5.55. The van der Waals surface area contributed by atoms with Gasteiger partial charge in [0.2, 0.25) is 5.91 Å². The Morgan fingerprint density at radius 2 is 2.09 bits per heavy atom. The molecule has 0 bridgehead atoms. The van der Waals surface area contributed by atoms with E-state index in [1.165, 1.54) is 5.56 Å². The summed E-state index contributed by atoms with van der Waals surface area (Å²) in [6, 6.07) is 0. The number of carboxylic acids is 1. The van der Waals surface area contributed by atoms with Crippen molar-refractivity contribution in [1.29, 1.82) is 0 Å². The van der Waals surface area contributed by atoms with E-state index in [-0.39, 0.29) is 12.3 Å². The number of piperidine rings is 1. The van der Waals surface area contributed by atoms with Crippen LogP contribution in [0.25, 0.3) is 0 Å². The highest BCUT2D eigenvalue weighted by Crippen LogP contribution is 2.39. The summed E-state index contributed by atoms with van der Waals surface area (Å²) in [5.74, 6) is -0.639. The molecule has 3 heterocycles. The number of aliphatic carboxylic acids is 1. The van der Waals surface area contributed by atoms with Crippen molar-refractivity contribution in [3.63, 3.8) is 0 Å². The molecule has 0 saturated carbocycles. The van der Waals surface area contributed by atoms with E-state index in [1.54, 1.807) is 6.33 Å². The molecule has 0 radical (unpaired) electrons. The molecule has 1 amide bonds. The van der Waals surface area contributed by atoms with Gasteiger partial charge in [-0.1, -0.05) is 0 Å². The fourth-order valence-electron chi connectivity index (χ4n) is 4.33. The number of hydrogen-bond acceptors (Lipinski definition) is 5. The van der Waals surface area contributed by atoms with E-state index < -0.39 is 17.4 Å². The summed E-state index contributed by atoms with van der Waals surface area (Å²) in [5.41, 5.74) is 1.80. The molecule has 1 aromatic rings. The van der Waals surface area contributed by atoms with Crippen LogP contribution in [-0.4, -0.2) is 45.6 Å². The summed E-state index contributed by atoms with van der Waals surface area (Å²) in [6.07, 6.45) is 6.17. The van der Waals surface area contributed by atoms with Crippen LogP contribution in [0.5, 0.6) is 0 Å². The van der Waals surface area contributed by atoms with Crippen molar-refractivity contribution < 1.29 is 14.7 Å². The highest BCUT2D eigenvalue weighted by atomic mass is 16.4. The number of aromatic nitrogens is 2. The van der Waals surface area contributed by atoms with Gasteiger partial charge in [-0.15, -0.1) is 0 Å². The Balaban J connectivity index is 1.55. The lowest BCUT2D eigenvalue weighted by Crippen LogP contribution is -2.56. The Morgan fingerprint density at radius 1 is 1.30 bits per heavy atom. The van der Waals surface area contributed by atoms with Crippen LogP contribution < -0.4 is 10.2 Å². The predicted octanol–water partition coefficient (Wildman–Crippen LogP) is 0.525. The standard InChI is InChI=1S/C16H20N4O3/c21-13-8-11(15(22)23)16(19-13)4-6-20(7-5-16)14-10-2-1-3-12(10)17-9-18-14/h9,11H,1-8H2,(H,19,21)(H,22,23). The van der Waals surface area contributed by atoms with E-state index >= 15 is 0 Å². The van der Waals surface area contributed by atoms with Crippen LogP contribution >= 0.6 is 0 Å². The number of hydrogen-bond donors (Lipinski definition) is 2. The number of carboxylic acid groups (broad SMARTS) is 1. The average Bonchev–Trinajstić information content (AvgIpc) is 3.12. The first kappa shape index (κ1) is 14.4. The topological polar surface area (TPSA) is 95.4 Å². The third kappa shape index (κ3) is 2.26. The van der Waals surface area contributed by atoms with E-state index in [0.717, 1.165) is 30.8 Å². The highest BCUT2D eigenvalue weighted by Gasteiger charge is 2.51. The van der Waals surface area contributed by atoms with Crippen LogP contribution in [0.3, 0.4) is 0 Å². The van der Waals surface area contributed by atoms with Gasteiger partial charge < -0.3 is 15.3 Å². The minimum absolute atomic E-state index is 0.0955. The molecule has 122 valence electrons. The number of rotatable bonds is 2. The van der Waals surface area contributed by atoms with Crippen molar-refractivity contribution in [2.45, 2.75) is 44.1 Å². The molecule has 1 unspecified atom stereocenters. The van der Waals surface area contributed by atoms with E-state index in [1.807, 2.05) is 0 Å². The Bertz CT molecular complexity index is 667. The first-order valence-corrected chi connectivity index (χ1v) is 8.20. The number of fused-ring (bicyclic) bond motifs is 1. The van der Waals surface area contributed by atoms with Crippen LogP contribution in [0.15, 0.2) is 6.33 Å². The quantitative estimate of drug-likeness (QED) is 0.826. The van der Waals surface area contributed by atoms with Crippen LogP contribution in [-0.2, 0) is 22.4 Å². The van der Waals surface area contributed by atoms with Gasteiger partial charge in [0.15, 0.2) is 0 Å². The monoisotopic (exact) mass is 316 g/mol. The lowest BCUT2D eigenvalue weighted by Gasteiger charge is -2.42. The van der Waals surface area contributed by atoms with Crippen LogP contribution in [0.2, 0.25) is 0 Å². The molecule has 0 aromatic carbocycles. The Hall–Kier alpha value is -2.18. The van der Waals surface area contributed by atoms with Gasteiger partial charge in [0.25, 0.3) is 0 Å². The second-order valence-electron chi connectivity index (χ2n) is 6.76. The zero-order valence-electron chi connectivity index (χ0n) is 12.9. The Morgan fingerprint density at radius 3 is 2.83 bits per heavy atom. The fraction of sp³-hybridized carbons (Fsp3) is 0.625. The van der Waals surface area contributed by atoms with E-state index in [4.69, 9.17) is 0 Å². The Labute approximate surface area is 134 Å². The summed E-state index contributed by atoms with van der Waals surface area (Å²) in [6.45, 7) is 1.43. The van der Waals surface area contributed by atoms with Gasteiger partial charge in [0, 0.05) is 30.8 Å². The van der Waals surface area contributed by atoms with E-state index in [2.05, 4.69) is 20.2 Å². The number of nitrogens with zero attached hydrogens (tertiary/aromatic N) is 3. The molecule has 2 aliphatic heterocycles. The molecule has 2 saturated heterocycles. The van der Waals surface area contributed by atoms with Gasteiger partial charge in [-0.05, 0) is 32.1 Å². The van der Waals surface area contributed by atoms with Gasteiger partial charge in [0.1, 0.15) is 12.1 Å². The number of aryl methyl sites for hydroxylation is 1. The zero-order chi connectivity index (χ0) is 16.0. The number of anilines is 1. The van der Waals surface area contributed by atoms with Crippen molar-refractivity contribution in [3.05, 3.63) is 17.6 Å². The molecule has 4 rings (SSSR count). The van der Waals surface area contributed by atoms with E-state index in [0.29, 0.717) is 25.9 Å². The predicted molar refractivity (Wildman–Crippen MR) is 82.1 cm³/mol. The average molecular weight is 316 g/mol.